The van der Waals surface area contributed by atoms with Crippen LogP contribution >= 0.6 is 0 Å². The minimum absolute atomic E-state index is 0.122. The minimum Gasteiger partial charge on any atom is -0.464 e. The molecule has 19 heavy (non-hydrogen) atoms. The quantitative estimate of drug-likeness (QED) is 0.283. The van der Waals surface area contributed by atoms with E-state index in [-0.39, 0.29) is 25.7 Å². The molecule has 1 fully saturated rings. The maximum absolute atomic E-state index is 11.7. The lowest BCUT2D eigenvalue weighted by Gasteiger charge is -2.37. The molecule has 0 bridgehead atoms. The smallest absolute Gasteiger partial charge is 0.334 e. The van der Waals surface area contributed by atoms with E-state index in [4.69, 9.17) is 14.6 Å². The monoisotopic (exact) mass is 274 g/mol. The van der Waals surface area contributed by atoms with E-state index >= 15 is 0 Å². The number of ether oxygens (including phenoxy) is 2. The second kappa shape index (κ2) is 7.05. The first-order chi connectivity index (χ1) is 9.04. The van der Waals surface area contributed by atoms with Gasteiger partial charge in [0.15, 0.2) is 0 Å². The Kier molecular flexibility index (Phi) is 5.71. The van der Waals surface area contributed by atoms with Crippen molar-refractivity contribution in [2.75, 3.05) is 19.8 Å². The minimum atomic E-state index is -1.32. The number of rotatable bonds is 7. The van der Waals surface area contributed by atoms with Crippen LogP contribution in [0.25, 0.3) is 0 Å². The highest BCUT2D eigenvalue weighted by Crippen LogP contribution is 2.13. The van der Waals surface area contributed by atoms with Crippen LogP contribution in [0, 0.1) is 5.92 Å². The van der Waals surface area contributed by atoms with Crippen LogP contribution in [0.1, 0.15) is 13.8 Å². The van der Waals surface area contributed by atoms with Crippen molar-refractivity contribution in [3.8, 4) is 0 Å². The van der Waals surface area contributed by atoms with Crippen LogP contribution < -0.4 is 10.6 Å². The third kappa shape index (κ3) is 3.65. The maximum Gasteiger partial charge on any atom is 0.334 e. The van der Waals surface area contributed by atoms with Crippen LogP contribution in [0.5, 0.6) is 0 Å². The molecule has 0 aromatic carbocycles. The Morgan fingerprint density at radius 2 is 1.84 bits per heavy atom. The summed E-state index contributed by atoms with van der Waals surface area (Å²) in [6, 6.07) is -1.32. The van der Waals surface area contributed by atoms with Gasteiger partial charge in [-0.25, -0.2) is 9.59 Å². The Hall–Kier alpha value is -1.67. The largest absolute Gasteiger partial charge is 0.464 e. The molecule has 0 spiro atoms. The molecule has 1 amide bonds. The molecule has 3 N–H and O–H groups in total. The fourth-order valence-corrected chi connectivity index (χ4v) is 1.63. The summed E-state index contributed by atoms with van der Waals surface area (Å²) in [5.74, 6) is -2.59. The average Bonchev–Trinajstić information content (AvgIpc) is 2.34. The molecule has 0 aliphatic carbocycles. The van der Waals surface area contributed by atoms with Crippen LogP contribution in [-0.4, -0.2) is 55.0 Å². The molecule has 1 rings (SSSR count). The summed E-state index contributed by atoms with van der Waals surface area (Å²) in [4.78, 5) is 34.4. The summed E-state index contributed by atoms with van der Waals surface area (Å²) in [6.07, 6.45) is -0.656. The van der Waals surface area contributed by atoms with Gasteiger partial charge in [0.2, 0.25) is 11.9 Å². The van der Waals surface area contributed by atoms with E-state index in [1.165, 1.54) is 0 Å². The van der Waals surface area contributed by atoms with E-state index < -0.39 is 30.1 Å². The summed E-state index contributed by atoms with van der Waals surface area (Å²) < 4.78 is 9.52. The SMILES string of the molecule is CCOC(=O)C(NC1NC(=O)C1CO)C(=O)OCC. The fraction of sp³-hybridized carbons (Fsp3) is 0.727. The molecular weight excluding hydrogens is 256 g/mol. The zero-order chi connectivity index (χ0) is 14.4. The summed E-state index contributed by atoms with van der Waals surface area (Å²) in [7, 11) is 0. The number of aliphatic hydroxyl groups is 1. The number of hydrogen-bond acceptors (Lipinski definition) is 7. The molecule has 0 radical (unpaired) electrons. The van der Waals surface area contributed by atoms with Crippen molar-refractivity contribution in [3.05, 3.63) is 0 Å². The molecule has 1 aliphatic rings. The number of carbonyl (C=O) groups is 3. The first kappa shape index (κ1) is 15.4. The lowest BCUT2D eigenvalue weighted by molar-refractivity contribution is -0.160. The summed E-state index contributed by atoms with van der Waals surface area (Å²) >= 11 is 0. The van der Waals surface area contributed by atoms with Crippen LogP contribution in [0.2, 0.25) is 0 Å². The van der Waals surface area contributed by atoms with Gasteiger partial charge >= 0.3 is 11.9 Å². The number of nitrogens with one attached hydrogen (secondary N) is 2. The molecule has 2 atom stereocenters. The molecule has 108 valence electrons. The normalized spacial score (nSPS) is 21.6. The van der Waals surface area contributed by atoms with Gasteiger partial charge < -0.3 is 19.9 Å². The van der Waals surface area contributed by atoms with Crippen LogP contribution in [0.3, 0.4) is 0 Å². The summed E-state index contributed by atoms with van der Waals surface area (Å²) in [6.45, 7) is 3.10. The number of hydrogen-bond donors (Lipinski definition) is 3. The Bertz CT molecular complexity index is 341. The molecule has 1 saturated heterocycles. The lowest BCUT2D eigenvalue weighted by atomic mass is 9.97. The van der Waals surface area contributed by atoms with Gasteiger partial charge in [-0.05, 0) is 13.8 Å². The average molecular weight is 274 g/mol. The fourth-order valence-electron chi connectivity index (χ4n) is 1.63. The van der Waals surface area contributed by atoms with Crippen molar-refractivity contribution in [3.63, 3.8) is 0 Å². The zero-order valence-electron chi connectivity index (χ0n) is 10.8. The molecule has 1 aliphatic heterocycles. The van der Waals surface area contributed by atoms with Crippen molar-refractivity contribution in [1.29, 1.82) is 0 Å². The van der Waals surface area contributed by atoms with Gasteiger partial charge in [0.1, 0.15) is 0 Å². The molecule has 0 saturated carbocycles. The predicted octanol–water partition coefficient (Wildman–Crippen LogP) is -1.86. The third-order valence-electron chi connectivity index (χ3n) is 2.62. The predicted molar refractivity (Wildman–Crippen MR) is 62.7 cm³/mol. The van der Waals surface area contributed by atoms with E-state index in [2.05, 4.69) is 10.6 Å². The number of esters is 2. The lowest BCUT2D eigenvalue weighted by Crippen LogP contribution is -2.69. The molecule has 1 heterocycles. The third-order valence-corrected chi connectivity index (χ3v) is 2.62. The second-order valence-corrected chi connectivity index (χ2v) is 3.88. The van der Waals surface area contributed by atoms with Crippen molar-refractivity contribution < 1.29 is 29.0 Å². The van der Waals surface area contributed by atoms with Crippen LogP contribution in [0.4, 0.5) is 0 Å². The Morgan fingerprint density at radius 1 is 1.32 bits per heavy atom. The Morgan fingerprint density at radius 3 is 2.21 bits per heavy atom. The standard InChI is InChI=1S/C11H18N2O6/c1-3-18-10(16)7(11(17)19-4-2)12-8-6(5-14)9(15)13-8/h6-8,12,14H,3-5H2,1-2H3,(H,13,15). The van der Waals surface area contributed by atoms with Gasteiger partial charge in [-0.3, -0.25) is 10.1 Å². The molecule has 0 aromatic rings. The topological polar surface area (TPSA) is 114 Å². The van der Waals surface area contributed by atoms with Gasteiger partial charge in [-0.15, -0.1) is 0 Å². The van der Waals surface area contributed by atoms with E-state index in [9.17, 15) is 14.4 Å². The highest BCUT2D eigenvalue weighted by atomic mass is 16.6. The molecule has 0 aromatic heterocycles. The van der Waals surface area contributed by atoms with Crippen LogP contribution in [-0.2, 0) is 23.9 Å². The van der Waals surface area contributed by atoms with Gasteiger partial charge in [-0.2, -0.15) is 0 Å². The van der Waals surface area contributed by atoms with Gasteiger partial charge in [0.05, 0.1) is 31.9 Å². The van der Waals surface area contributed by atoms with Gasteiger partial charge in [0, 0.05) is 0 Å². The highest BCUT2D eigenvalue weighted by Gasteiger charge is 2.43. The molecule has 2 unspecified atom stereocenters. The maximum atomic E-state index is 11.7. The highest BCUT2D eigenvalue weighted by molar-refractivity contribution is 5.99. The first-order valence-corrected chi connectivity index (χ1v) is 6.05. The van der Waals surface area contributed by atoms with E-state index in [1.807, 2.05) is 0 Å². The van der Waals surface area contributed by atoms with Crippen molar-refractivity contribution in [2.24, 2.45) is 5.92 Å². The van der Waals surface area contributed by atoms with Crippen molar-refractivity contribution in [2.45, 2.75) is 26.1 Å². The Labute approximate surface area is 110 Å². The van der Waals surface area contributed by atoms with Crippen molar-refractivity contribution >= 4 is 17.8 Å². The molecule has 8 heteroatoms. The van der Waals surface area contributed by atoms with E-state index in [0.29, 0.717) is 0 Å². The van der Waals surface area contributed by atoms with Gasteiger partial charge in [-0.1, -0.05) is 0 Å². The van der Waals surface area contributed by atoms with Crippen LogP contribution in [0.15, 0.2) is 0 Å². The summed E-state index contributed by atoms with van der Waals surface area (Å²) in [5, 5.41) is 14.0. The van der Waals surface area contributed by atoms with E-state index in [1.54, 1.807) is 13.8 Å². The van der Waals surface area contributed by atoms with Crippen molar-refractivity contribution in [1.82, 2.24) is 10.6 Å². The zero-order valence-corrected chi connectivity index (χ0v) is 10.8. The second-order valence-electron chi connectivity index (χ2n) is 3.88. The molecule has 8 nitrogen and oxygen atoms in total. The first-order valence-electron chi connectivity index (χ1n) is 6.05. The van der Waals surface area contributed by atoms with E-state index in [0.717, 1.165) is 0 Å². The molecular formula is C11H18N2O6. The number of aliphatic hydroxyl groups excluding tert-OH is 1. The Balaban J connectivity index is 2.66. The number of amides is 1. The number of β-lactam (4-membered cyclic amide) rings is 1. The summed E-state index contributed by atoms with van der Waals surface area (Å²) in [5.41, 5.74) is 0. The van der Waals surface area contributed by atoms with Gasteiger partial charge in [0.25, 0.3) is 0 Å². The number of carbonyl (C=O) groups excluding carboxylic acids is 3.